The number of carbonyl (C=O) groups is 2. The Hall–Kier alpha value is -2.47. The molecule has 0 bridgehead atoms. The number of halogens is 1. The minimum absolute atomic E-state index is 0.00766. The first-order chi connectivity index (χ1) is 14.4. The van der Waals surface area contributed by atoms with Crippen LogP contribution in [-0.2, 0) is 28.7 Å². The normalized spacial score (nSPS) is 13.5. The van der Waals surface area contributed by atoms with Gasteiger partial charge in [-0.1, -0.05) is 0 Å². The minimum atomic E-state index is -3.69. The zero-order chi connectivity index (χ0) is 23.2. The van der Waals surface area contributed by atoms with E-state index >= 15 is 0 Å². The lowest BCUT2D eigenvalue weighted by Crippen LogP contribution is -2.25. The van der Waals surface area contributed by atoms with Crippen LogP contribution in [0, 0.1) is 0 Å². The smallest absolute Gasteiger partial charge is 0.261 e. The molecule has 1 fully saturated rings. The summed E-state index contributed by atoms with van der Waals surface area (Å²) in [6.07, 6.45) is 1.81. The maximum Gasteiger partial charge on any atom is 0.261 e. The van der Waals surface area contributed by atoms with Gasteiger partial charge in [-0.15, -0.1) is 0 Å². The summed E-state index contributed by atoms with van der Waals surface area (Å²) < 4.78 is 47.9. The van der Waals surface area contributed by atoms with Crippen LogP contribution < -0.4 is 15.4 Å². The van der Waals surface area contributed by atoms with E-state index in [4.69, 9.17) is 10.7 Å². The van der Waals surface area contributed by atoms with Gasteiger partial charge in [0.25, 0.3) is 9.05 Å². The highest BCUT2D eigenvalue weighted by molar-refractivity contribution is 8.13. The van der Waals surface area contributed by atoms with Gasteiger partial charge in [0.1, 0.15) is 0 Å². The molecule has 2 aromatic carbocycles. The highest BCUT2D eigenvalue weighted by Crippen LogP contribution is 2.22. The van der Waals surface area contributed by atoms with E-state index in [2.05, 4.69) is 15.4 Å². The Kier molecular flexibility index (Phi) is 8.18. The second kappa shape index (κ2) is 10.2. The van der Waals surface area contributed by atoms with E-state index in [0.717, 1.165) is 12.8 Å². The summed E-state index contributed by atoms with van der Waals surface area (Å²) in [7, 11) is -1.99. The van der Waals surface area contributed by atoms with Gasteiger partial charge in [-0.25, -0.2) is 21.6 Å². The predicted molar refractivity (Wildman–Crippen MR) is 118 cm³/mol. The topological polar surface area (TPSA) is 139 Å². The molecule has 0 saturated heterocycles. The largest absolute Gasteiger partial charge is 0.326 e. The van der Waals surface area contributed by atoms with Gasteiger partial charge in [-0.05, 0) is 61.4 Å². The molecular formula is C19H22ClN3O6S2. The molecule has 2 aromatic rings. The number of hydrogen-bond donors (Lipinski definition) is 3. The lowest BCUT2D eigenvalue weighted by Gasteiger charge is -2.06. The van der Waals surface area contributed by atoms with Crippen LogP contribution in [0.1, 0.15) is 26.7 Å². The van der Waals surface area contributed by atoms with E-state index in [1.165, 1.54) is 50.2 Å². The van der Waals surface area contributed by atoms with E-state index in [1.807, 2.05) is 0 Å². The molecule has 2 amide bonds. The van der Waals surface area contributed by atoms with E-state index in [-0.39, 0.29) is 27.6 Å². The standard InChI is InChI=1S/C11H14N2O3S.C8H8ClNO3S/c1-8(14)12-9-4-6-11(7-5-9)17(15,16)13-10-2-3-10;1-6(11)10-7-2-4-8(5-3-7)14(9,12)13/h4-7,10,13H,2-3H2,1H3,(H,12,14);2-5H,1H3,(H,10,11). The molecule has 1 aliphatic carbocycles. The molecule has 1 aliphatic rings. The number of rotatable bonds is 6. The van der Waals surface area contributed by atoms with Gasteiger partial charge in [0, 0.05) is 41.9 Å². The van der Waals surface area contributed by atoms with Gasteiger partial charge in [0.2, 0.25) is 21.8 Å². The van der Waals surface area contributed by atoms with Crippen molar-refractivity contribution in [3.8, 4) is 0 Å². The average molecular weight is 488 g/mol. The lowest BCUT2D eigenvalue weighted by molar-refractivity contribution is -0.115. The van der Waals surface area contributed by atoms with Gasteiger partial charge < -0.3 is 10.6 Å². The summed E-state index contributed by atoms with van der Waals surface area (Å²) in [6, 6.07) is 11.8. The van der Waals surface area contributed by atoms with Crippen LogP contribution in [0.5, 0.6) is 0 Å². The van der Waals surface area contributed by atoms with Crippen LogP contribution in [0.3, 0.4) is 0 Å². The summed E-state index contributed by atoms with van der Waals surface area (Å²) in [4.78, 5) is 21.7. The molecule has 12 heteroatoms. The maximum atomic E-state index is 11.8. The molecule has 168 valence electrons. The summed E-state index contributed by atoms with van der Waals surface area (Å²) >= 11 is 0. The van der Waals surface area contributed by atoms with Crippen LogP contribution in [0.25, 0.3) is 0 Å². The van der Waals surface area contributed by atoms with Gasteiger partial charge >= 0.3 is 0 Å². The van der Waals surface area contributed by atoms with Crippen molar-refractivity contribution in [2.24, 2.45) is 0 Å². The van der Waals surface area contributed by atoms with Crippen LogP contribution in [0.4, 0.5) is 11.4 Å². The number of hydrogen-bond acceptors (Lipinski definition) is 6. The van der Waals surface area contributed by atoms with Crippen molar-refractivity contribution in [1.82, 2.24) is 4.72 Å². The number of carbonyl (C=O) groups excluding carboxylic acids is 2. The Morgan fingerprint density at radius 1 is 0.774 bits per heavy atom. The highest BCUT2D eigenvalue weighted by Gasteiger charge is 2.27. The molecule has 3 N–H and O–H groups in total. The Balaban J connectivity index is 0.000000225. The Morgan fingerprint density at radius 3 is 1.48 bits per heavy atom. The third-order valence-corrected chi connectivity index (χ3v) is 6.75. The molecule has 0 aliphatic heterocycles. The second-order valence-electron chi connectivity index (χ2n) is 6.74. The zero-order valence-electron chi connectivity index (χ0n) is 16.8. The molecule has 0 radical (unpaired) electrons. The number of nitrogens with one attached hydrogen (secondary N) is 3. The third-order valence-electron chi connectivity index (χ3n) is 3.84. The molecule has 9 nitrogen and oxygen atoms in total. The summed E-state index contributed by atoms with van der Waals surface area (Å²) in [6.45, 7) is 2.77. The fourth-order valence-electron chi connectivity index (χ4n) is 2.31. The van der Waals surface area contributed by atoms with Crippen LogP contribution in [-0.4, -0.2) is 34.7 Å². The van der Waals surface area contributed by atoms with Crippen molar-refractivity contribution >= 4 is 52.9 Å². The summed E-state index contributed by atoms with van der Waals surface area (Å²) in [5, 5.41) is 5.09. The molecule has 0 aromatic heterocycles. The molecule has 0 unspecified atom stereocenters. The molecule has 0 atom stereocenters. The number of amides is 2. The van der Waals surface area contributed by atoms with Gasteiger partial charge in [0.05, 0.1) is 9.79 Å². The Labute approximate surface area is 185 Å². The van der Waals surface area contributed by atoms with E-state index in [9.17, 15) is 26.4 Å². The molecular weight excluding hydrogens is 466 g/mol. The van der Waals surface area contributed by atoms with E-state index < -0.39 is 19.1 Å². The number of sulfonamides is 1. The Morgan fingerprint density at radius 2 is 1.16 bits per heavy atom. The third kappa shape index (κ3) is 8.66. The fourth-order valence-corrected chi connectivity index (χ4v) is 4.39. The number of benzene rings is 2. The van der Waals surface area contributed by atoms with E-state index in [0.29, 0.717) is 11.4 Å². The lowest BCUT2D eigenvalue weighted by atomic mass is 10.3. The van der Waals surface area contributed by atoms with Crippen LogP contribution >= 0.6 is 10.7 Å². The monoisotopic (exact) mass is 487 g/mol. The van der Waals surface area contributed by atoms with Gasteiger partial charge in [-0.3, -0.25) is 9.59 Å². The molecule has 3 rings (SSSR count). The maximum absolute atomic E-state index is 11.8. The van der Waals surface area contributed by atoms with Crippen molar-refractivity contribution < 1.29 is 26.4 Å². The molecule has 0 heterocycles. The average Bonchev–Trinajstić information content (AvgIpc) is 3.45. The fraction of sp³-hybridized carbons (Fsp3) is 0.263. The van der Waals surface area contributed by atoms with Crippen molar-refractivity contribution in [2.45, 2.75) is 42.5 Å². The van der Waals surface area contributed by atoms with E-state index in [1.54, 1.807) is 12.1 Å². The molecule has 1 saturated carbocycles. The van der Waals surface area contributed by atoms with Gasteiger partial charge in [0.15, 0.2) is 0 Å². The molecule has 31 heavy (non-hydrogen) atoms. The quantitative estimate of drug-likeness (QED) is 0.535. The van der Waals surface area contributed by atoms with Crippen LogP contribution in [0.2, 0.25) is 0 Å². The van der Waals surface area contributed by atoms with Crippen molar-refractivity contribution in [3.63, 3.8) is 0 Å². The molecule has 0 spiro atoms. The predicted octanol–water partition coefficient (Wildman–Crippen LogP) is 2.66. The highest BCUT2D eigenvalue weighted by atomic mass is 35.7. The SMILES string of the molecule is CC(=O)Nc1ccc(S(=O)(=O)Cl)cc1.CC(=O)Nc1ccc(S(=O)(=O)NC2CC2)cc1. The van der Waals surface area contributed by atoms with Crippen molar-refractivity contribution in [1.29, 1.82) is 0 Å². The zero-order valence-corrected chi connectivity index (χ0v) is 19.1. The summed E-state index contributed by atoms with van der Waals surface area (Å²) in [5.74, 6) is -0.400. The van der Waals surface area contributed by atoms with Crippen molar-refractivity contribution in [2.75, 3.05) is 10.6 Å². The first kappa shape index (κ1) is 24.8. The second-order valence-corrected chi connectivity index (χ2v) is 11.0. The van der Waals surface area contributed by atoms with Gasteiger partial charge in [-0.2, -0.15) is 0 Å². The summed E-state index contributed by atoms with van der Waals surface area (Å²) in [5.41, 5.74) is 1.12. The Bertz CT molecular complexity index is 1140. The number of anilines is 2. The first-order valence-corrected chi connectivity index (χ1v) is 12.9. The first-order valence-electron chi connectivity index (χ1n) is 9.09. The minimum Gasteiger partial charge on any atom is -0.326 e. The van der Waals surface area contributed by atoms with Crippen LogP contribution in [0.15, 0.2) is 58.3 Å². The van der Waals surface area contributed by atoms with Crippen molar-refractivity contribution in [3.05, 3.63) is 48.5 Å².